The maximum atomic E-state index is 13.1. The van der Waals surface area contributed by atoms with E-state index in [1.807, 2.05) is 58.2 Å². The van der Waals surface area contributed by atoms with Crippen molar-refractivity contribution < 1.29 is 4.79 Å². The summed E-state index contributed by atoms with van der Waals surface area (Å²) in [5.74, 6) is -0.161. The number of rotatable bonds is 4. The summed E-state index contributed by atoms with van der Waals surface area (Å²) in [5, 5.41) is 0.470. The van der Waals surface area contributed by atoms with E-state index in [9.17, 15) is 9.59 Å². The average Bonchev–Trinajstić information content (AvgIpc) is 3.00. The Balaban J connectivity index is 2.12. The fraction of sp³-hybridized carbons (Fsp3) is 0.350. The summed E-state index contributed by atoms with van der Waals surface area (Å²) >= 11 is 5.45. The predicted octanol–water partition coefficient (Wildman–Crippen LogP) is 2.68. The van der Waals surface area contributed by atoms with E-state index in [2.05, 4.69) is 0 Å². The van der Waals surface area contributed by atoms with Gasteiger partial charge in [-0.2, -0.15) is 0 Å². The van der Waals surface area contributed by atoms with E-state index in [1.54, 1.807) is 32.3 Å². The van der Waals surface area contributed by atoms with E-state index in [1.165, 1.54) is 0 Å². The minimum atomic E-state index is -0.164. The summed E-state index contributed by atoms with van der Waals surface area (Å²) in [6, 6.07) is 9.45. The van der Waals surface area contributed by atoms with Crippen LogP contribution in [0, 0.1) is 6.92 Å². The van der Waals surface area contributed by atoms with Gasteiger partial charge in [0.25, 0.3) is 11.5 Å². The van der Waals surface area contributed by atoms with E-state index in [0.29, 0.717) is 16.4 Å². The first-order valence-corrected chi connectivity index (χ1v) is 9.37. The molecule has 1 aliphatic heterocycles. The zero-order valence-electron chi connectivity index (χ0n) is 16.3. The van der Waals surface area contributed by atoms with Crippen LogP contribution in [-0.4, -0.2) is 43.3 Å². The second-order valence-corrected chi connectivity index (χ2v) is 7.14. The van der Waals surface area contributed by atoms with E-state index in [4.69, 9.17) is 12.2 Å². The van der Waals surface area contributed by atoms with E-state index < -0.39 is 0 Å². The lowest BCUT2D eigenvalue weighted by atomic mass is 10.2. The second kappa shape index (κ2) is 7.15. The summed E-state index contributed by atoms with van der Waals surface area (Å²) in [7, 11) is 3.60. The Bertz CT molecular complexity index is 987. The molecule has 1 fully saturated rings. The van der Waals surface area contributed by atoms with E-state index in [-0.39, 0.29) is 17.5 Å². The summed E-state index contributed by atoms with van der Waals surface area (Å²) in [6.45, 7) is 5.86. The van der Waals surface area contributed by atoms with E-state index in [0.717, 1.165) is 17.8 Å². The van der Waals surface area contributed by atoms with Crippen molar-refractivity contribution in [2.75, 3.05) is 7.05 Å². The van der Waals surface area contributed by atoms with Crippen molar-refractivity contribution in [2.24, 2.45) is 7.05 Å². The highest BCUT2D eigenvalue weighted by Crippen LogP contribution is 2.25. The smallest absolute Gasteiger partial charge is 0.279 e. The maximum absolute atomic E-state index is 13.1. The number of thiocarbonyl (C=S) groups is 1. The van der Waals surface area contributed by atoms with Gasteiger partial charge in [-0.3, -0.25) is 19.2 Å². The van der Waals surface area contributed by atoms with Crippen molar-refractivity contribution in [1.29, 1.82) is 0 Å². The number of carbonyl (C=O) groups is 1. The topological polar surface area (TPSA) is 50.5 Å². The molecular weight excluding hydrogens is 360 g/mol. The molecular formula is C20H24N4O2S. The predicted molar refractivity (Wildman–Crippen MR) is 111 cm³/mol. The van der Waals surface area contributed by atoms with Gasteiger partial charge in [0.1, 0.15) is 5.70 Å². The molecule has 1 aromatic heterocycles. The Hall–Kier alpha value is -2.67. The molecule has 2 heterocycles. The molecule has 1 saturated heterocycles. The summed E-state index contributed by atoms with van der Waals surface area (Å²) in [5.41, 5.74) is 2.31. The van der Waals surface area contributed by atoms with Gasteiger partial charge >= 0.3 is 0 Å². The highest BCUT2D eigenvalue weighted by molar-refractivity contribution is 7.80. The van der Waals surface area contributed by atoms with Crippen molar-refractivity contribution in [3.8, 4) is 5.69 Å². The Labute approximate surface area is 164 Å². The van der Waals surface area contributed by atoms with Crippen LogP contribution in [0.25, 0.3) is 11.8 Å². The molecule has 0 N–H and O–H groups in total. The number of carbonyl (C=O) groups excluding carboxylic acids is 1. The van der Waals surface area contributed by atoms with Crippen LogP contribution in [0.2, 0.25) is 0 Å². The molecule has 1 amide bonds. The number of nitrogens with zero attached hydrogens (tertiary/aromatic N) is 4. The van der Waals surface area contributed by atoms with Crippen LogP contribution in [-0.2, 0) is 11.8 Å². The van der Waals surface area contributed by atoms with Gasteiger partial charge in [-0.05, 0) is 50.7 Å². The van der Waals surface area contributed by atoms with Crippen molar-refractivity contribution in [1.82, 2.24) is 19.2 Å². The molecule has 1 aromatic carbocycles. The third-order valence-electron chi connectivity index (χ3n) is 5.20. The van der Waals surface area contributed by atoms with Crippen LogP contribution in [0.1, 0.15) is 31.5 Å². The number of likely N-dealkylation sites (N-methyl/N-ethyl adjacent to an activating group) is 1. The normalized spacial score (nSPS) is 17.3. The van der Waals surface area contributed by atoms with Crippen LogP contribution < -0.4 is 5.56 Å². The van der Waals surface area contributed by atoms with Gasteiger partial charge in [-0.1, -0.05) is 25.1 Å². The molecule has 0 saturated carbocycles. The van der Waals surface area contributed by atoms with Gasteiger partial charge in [0, 0.05) is 25.8 Å². The largest absolute Gasteiger partial charge is 0.317 e. The zero-order chi connectivity index (χ0) is 19.9. The molecule has 0 radical (unpaired) electrons. The standard InChI is InChI=1S/C20H24N4O2S/c1-6-13(2)23-19(26)17(21(4)20(23)27)12-16-14(3)22(5)24(18(16)25)15-10-8-7-9-11-15/h7-13H,6H2,1-5H3/b17-12+. The van der Waals surface area contributed by atoms with Gasteiger partial charge in [-0.25, -0.2) is 4.68 Å². The number of aromatic nitrogens is 2. The first-order chi connectivity index (χ1) is 12.8. The Morgan fingerprint density at radius 1 is 1.15 bits per heavy atom. The molecule has 0 aliphatic carbocycles. The number of amides is 1. The van der Waals surface area contributed by atoms with Gasteiger partial charge in [-0.15, -0.1) is 0 Å². The Kier molecular flexibility index (Phi) is 5.06. The van der Waals surface area contributed by atoms with Crippen LogP contribution >= 0.6 is 12.2 Å². The molecule has 2 aromatic rings. The lowest BCUT2D eigenvalue weighted by molar-refractivity contribution is -0.123. The molecule has 1 unspecified atom stereocenters. The number of benzene rings is 1. The zero-order valence-corrected chi connectivity index (χ0v) is 17.1. The molecule has 0 spiro atoms. The average molecular weight is 385 g/mol. The van der Waals surface area contributed by atoms with Crippen molar-refractivity contribution in [2.45, 2.75) is 33.2 Å². The molecule has 6 nitrogen and oxygen atoms in total. The minimum Gasteiger partial charge on any atom is -0.317 e. The highest BCUT2D eigenvalue weighted by atomic mass is 32.1. The lowest BCUT2D eigenvalue weighted by Crippen LogP contribution is -2.38. The Morgan fingerprint density at radius 3 is 2.37 bits per heavy atom. The molecule has 1 aliphatic rings. The third kappa shape index (κ3) is 3.02. The lowest BCUT2D eigenvalue weighted by Gasteiger charge is -2.22. The highest BCUT2D eigenvalue weighted by Gasteiger charge is 2.38. The number of hydrogen-bond acceptors (Lipinski definition) is 3. The minimum absolute atomic E-state index is 0.0104. The van der Waals surface area contributed by atoms with Crippen LogP contribution in [0.4, 0.5) is 0 Å². The van der Waals surface area contributed by atoms with Gasteiger partial charge in [0.05, 0.1) is 11.3 Å². The van der Waals surface area contributed by atoms with Gasteiger partial charge in [0.2, 0.25) is 0 Å². The van der Waals surface area contributed by atoms with Gasteiger partial charge < -0.3 is 4.90 Å². The first-order valence-electron chi connectivity index (χ1n) is 8.96. The molecule has 7 heteroatoms. The fourth-order valence-electron chi connectivity index (χ4n) is 3.24. The number of hydrogen-bond donors (Lipinski definition) is 0. The number of para-hydroxylation sites is 1. The quantitative estimate of drug-likeness (QED) is 0.601. The summed E-state index contributed by atoms with van der Waals surface area (Å²) < 4.78 is 3.40. The monoisotopic (exact) mass is 384 g/mol. The second-order valence-electron chi connectivity index (χ2n) is 6.78. The van der Waals surface area contributed by atoms with Crippen LogP contribution in [0.3, 0.4) is 0 Å². The molecule has 0 bridgehead atoms. The molecule has 1 atom stereocenters. The maximum Gasteiger partial charge on any atom is 0.279 e. The Morgan fingerprint density at radius 2 is 1.78 bits per heavy atom. The molecule has 3 rings (SSSR count). The van der Waals surface area contributed by atoms with Gasteiger partial charge in [0.15, 0.2) is 5.11 Å². The summed E-state index contributed by atoms with van der Waals surface area (Å²) in [4.78, 5) is 29.3. The van der Waals surface area contributed by atoms with Crippen molar-refractivity contribution >= 4 is 29.3 Å². The SMILES string of the molecule is CCC(C)N1C(=O)/C(=C\c2c(C)n(C)n(-c3ccccc3)c2=O)N(C)C1=S. The van der Waals surface area contributed by atoms with Crippen molar-refractivity contribution in [3.05, 3.63) is 57.6 Å². The third-order valence-corrected chi connectivity index (χ3v) is 5.67. The van der Waals surface area contributed by atoms with Crippen LogP contribution in [0.5, 0.6) is 0 Å². The fourth-order valence-corrected chi connectivity index (χ4v) is 3.60. The molecule has 27 heavy (non-hydrogen) atoms. The first kappa shape index (κ1) is 19.1. The molecule has 142 valence electrons. The van der Waals surface area contributed by atoms with Crippen LogP contribution in [0.15, 0.2) is 40.8 Å². The van der Waals surface area contributed by atoms with E-state index >= 15 is 0 Å². The van der Waals surface area contributed by atoms with Crippen molar-refractivity contribution in [3.63, 3.8) is 0 Å². The summed E-state index contributed by atoms with van der Waals surface area (Å²) in [6.07, 6.45) is 2.46.